The van der Waals surface area contributed by atoms with E-state index >= 15 is 0 Å². The molecular weight excluding hydrogens is 254 g/mol. The van der Waals surface area contributed by atoms with Gasteiger partial charge in [-0.1, -0.05) is 30.3 Å². The predicted octanol–water partition coefficient (Wildman–Crippen LogP) is 0.504. The molecule has 0 saturated carbocycles. The number of aromatic nitrogens is 3. The number of hydrogen-bond acceptors (Lipinski definition) is 5. The quantitative estimate of drug-likeness (QED) is 0.752. The highest BCUT2D eigenvalue weighted by atomic mass is 32.2. The van der Waals surface area contributed by atoms with Crippen molar-refractivity contribution < 1.29 is 13.0 Å². The highest BCUT2D eigenvalue weighted by molar-refractivity contribution is 7.85. The van der Waals surface area contributed by atoms with Crippen molar-refractivity contribution in [1.29, 1.82) is 0 Å². The molecular formula is C11H12N3O3S-. The lowest BCUT2D eigenvalue weighted by molar-refractivity contribution is 0.448. The molecule has 18 heavy (non-hydrogen) atoms. The SMILES string of the molecule is Cn1c(CCc2ccccc2)nnc1S(=O)(=O)[O-]. The van der Waals surface area contributed by atoms with Crippen LogP contribution in [0.5, 0.6) is 0 Å². The number of aryl methyl sites for hydroxylation is 2. The molecule has 1 heterocycles. The van der Waals surface area contributed by atoms with Gasteiger partial charge < -0.3 is 9.12 Å². The van der Waals surface area contributed by atoms with Gasteiger partial charge in [-0.05, 0) is 12.0 Å². The van der Waals surface area contributed by atoms with E-state index in [2.05, 4.69) is 10.2 Å². The second-order valence-electron chi connectivity index (χ2n) is 3.90. The van der Waals surface area contributed by atoms with E-state index in [1.54, 1.807) is 0 Å². The summed E-state index contributed by atoms with van der Waals surface area (Å²) in [5.41, 5.74) is 1.12. The van der Waals surface area contributed by atoms with Crippen molar-refractivity contribution >= 4 is 10.1 Å². The Morgan fingerprint density at radius 1 is 1.17 bits per heavy atom. The van der Waals surface area contributed by atoms with Gasteiger partial charge in [-0.3, -0.25) is 0 Å². The van der Waals surface area contributed by atoms with Crippen LogP contribution in [0.2, 0.25) is 0 Å². The van der Waals surface area contributed by atoms with E-state index in [0.29, 0.717) is 18.7 Å². The maximum atomic E-state index is 10.9. The molecule has 7 heteroatoms. The molecule has 6 nitrogen and oxygen atoms in total. The van der Waals surface area contributed by atoms with E-state index in [4.69, 9.17) is 0 Å². The number of hydrogen-bond donors (Lipinski definition) is 0. The lowest BCUT2D eigenvalue weighted by atomic mass is 10.1. The third kappa shape index (κ3) is 2.74. The van der Waals surface area contributed by atoms with Crippen LogP contribution >= 0.6 is 0 Å². The lowest BCUT2D eigenvalue weighted by Gasteiger charge is -2.06. The average molecular weight is 266 g/mol. The van der Waals surface area contributed by atoms with Crippen LogP contribution < -0.4 is 0 Å². The summed E-state index contributed by atoms with van der Waals surface area (Å²) in [6, 6.07) is 9.73. The van der Waals surface area contributed by atoms with Gasteiger partial charge in [0.05, 0.1) is 0 Å². The van der Waals surface area contributed by atoms with Crippen molar-refractivity contribution in [3.8, 4) is 0 Å². The minimum Gasteiger partial charge on any atom is -0.742 e. The van der Waals surface area contributed by atoms with Gasteiger partial charge in [-0.25, -0.2) is 8.42 Å². The maximum Gasteiger partial charge on any atom is 0.236 e. The van der Waals surface area contributed by atoms with Crippen molar-refractivity contribution in [1.82, 2.24) is 14.8 Å². The van der Waals surface area contributed by atoms with Gasteiger partial charge in [0.15, 0.2) is 10.1 Å². The van der Waals surface area contributed by atoms with Gasteiger partial charge in [0.25, 0.3) is 0 Å². The highest BCUT2D eigenvalue weighted by Gasteiger charge is 2.13. The summed E-state index contributed by atoms with van der Waals surface area (Å²) in [5.74, 6) is 0.480. The number of nitrogens with zero attached hydrogens (tertiary/aromatic N) is 3. The Hall–Kier alpha value is -1.73. The van der Waals surface area contributed by atoms with E-state index in [9.17, 15) is 13.0 Å². The maximum absolute atomic E-state index is 10.9. The summed E-state index contributed by atoms with van der Waals surface area (Å²) in [6.45, 7) is 0. The van der Waals surface area contributed by atoms with Crippen molar-refractivity contribution in [2.45, 2.75) is 18.0 Å². The molecule has 0 aliphatic carbocycles. The third-order valence-electron chi connectivity index (χ3n) is 2.63. The van der Waals surface area contributed by atoms with Gasteiger partial charge >= 0.3 is 0 Å². The first kappa shape index (κ1) is 12.7. The fraction of sp³-hybridized carbons (Fsp3) is 0.273. The predicted molar refractivity (Wildman–Crippen MR) is 62.8 cm³/mol. The van der Waals surface area contributed by atoms with E-state index in [1.807, 2.05) is 30.3 Å². The second-order valence-corrected chi connectivity index (χ2v) is 5.17. The molecule has 0 radical (unpaired) electrons. The molecule has 0 bridgehead atoms. The zero-order valence-corrected chi connectivity index (χ0v) is 10.6. The van der Waals surface area contributed by atoms with Gasteiger partial charge in [0.1, 0.15) is 5.82 Å². The van der Waals surface area contributed by atoms with Crippen LogP contribution in [0.15, 0.2) is 35.5 Å². The zero-order valence-electron chi connectivity index (χ0n) is 9.78. The molecule has 0 saturated heterocycles. The first-order chi connectivity index (χ1) is 8.48. The van der Waals surface area contributed by atoms with Crippen molar-refractivity contribution in [3.05, 3.63) is 41.7 Å². The van der Waals surface area contributed by atoms with Gasteiger partial charge in [0.2, 0.25) is 5.16 Å². The van der Waals surface area contributed by atoms with Crippen LogP contribution in [0.3, 0.4) is 0 Å². The van der Waals surface area contributed by atoms with Crippen LogP contribution in [0.25, 0.3) is 0 Å². The molecule has 2 rings (SSSR count). The van der Waals surface area contributed by atoms with Crippen LogP contribution in [-0.2, 0) is 30.0 Å². The normalized spacial score (nSPS) is 11.7. The summed E-state index contributed by atoms with van der Waals surface area (Å²) in [7, 11) is -3.08. The molecule has 0 unspecified atom stereocenters. The molecule has 0 aliphatic heterocycles. The lowest BCUT2D eigenvalue weighted by Crippen LogP contribution is -2.09. The average Bonchev–Trinajstić information content (AvgIpc) is 2.69. The summed E-state index contributed by atoms with van der Waals surface area (Å²) >= 11 is 0. The van der Waals surface area contributed by atoms with E-state index < -0.39 is 15.3 Å². The molecule has 2 aromatic rings. The first-order valence-electron chi connectivity index (χ1n) is 5.36. The topological polar surface area (TPSA) is 87.9 Å². The molecule has 0 spiro atoms. The van der Waals surface area contributed by atoms with Crippen LogP contribution in [0, 0.1) is 0 Å². The van der Waals surface area contributed by atoms with E-state index in [-0.39, 0.29) is 0 Å². The molecule has 1 aromatic heterocycles. The second kappa shape index (κ2) is 4.87. The van der Waals surface area contributed by atoms with Crippen LogP contribution in [-0.4, -0.2) is 27.7 Å². The molecule has 0 atom stereocenters. The molecule has 1 aromatic carbocycles. The fourth-order valence-corrected chi connectivity index (χ4v) is 2.26. The summed E-state index contributed by atoms with van der Waals surface area (Å²) < 4.78 is 33.8. The number of benzene rings is 1. The zero-order chi connectivity index (χ0) is 13.2. The largest absolute Gasteiger partial charge is 0.742 e. The van der Waals surface area contributed by atoms with Crippen molar-refractivity contribution in [2.75, 3.05) is 0 Å². The summed E-state index contributed by atoms with van der Waals surface area (Å²) in [5, 5.41) is 6.61. The summed E-state index contributed by atoms with van der Waals surface area (Å²) in [4.78, 5) is 0. The molecule has 0 fully saturated rings. The molecule has 96 valence electrons. The fourth-order valence-electron chi connectivity index (χ4n) is 1.68. The van der Waals surface area contributed by atoms with Gasteiger partial charge in [-0.2, -0.15) is 0 Å². The molecule has 0 N–H and O–H groups in total. The van der Waals surface area contributed by atoms with Crippen LogP contribution in [0.1, 0.15) is 11.4 Å². The monoisotopic (exact) mass is 266 g/mol. The molecule has 0 amide bonds. The van der Waals surface area contributed by atoms with Gasteiger partial charge in [-0.15, -0.1) is 10.2 Å². The Bertz CT molecular complexity index is 635. The highest BCUT2D eigenvalue weighted by Crippen LogP contribution is 2.09. The Labute approximate surface area is 105 Å². The standard InChI is InChI=1S/C11H13N3O3S/c1-14-10(12-13-11(14)18(15,16)17)8-7-9-5-3-2-4-6-9/h2-6H,7-8H2,1H3,(H,15,16,17)/p-1. The third-order valence-corrected chi connectivity index (χ3v) is 3.43. The van der Waals surface area contributed by atoms with E-state index in [1.165, 1.54) is 11.6 Å². The Morgan fingerprint density at radius 3 is 2.39 bits per heavy atom. The van der Waals surface area contributed by atoms with Gasteiger partial charge in [0, 0.05) is 13.5 Å². The number of rotatable bonds is 4. The minimum absolute atomic E-state index is 0.480. The summed E-state index contributed by atoms with van der Waals surface area (Å²) in [6.07, 6.45) is 1.24. The first-order valence-corrected chi connectivity index (χ1v) is 6.77. The minimum atomic E-state index is -4.56. The van der Waals surface area contributed by atoms with Crippen molar-refractivity contribution in [2.24, 2.45) is 7.05 Å². The Balaban J connectivity index is 2.14. The smallest absolute Gasteiger partial charge is 0.236 e. The molecule has 0 aliphatic rings. The Morgan fingerprint density at radius 2 is 1.83 bits per heavy atom. The van der Waals surface area contributed by atoms with E-state index in [0.717, 1.165) is 5.56 Å². The van der Waals surface area contributed by atoms with Crippen LogP contribution in [0.4, 0.5) is 0 Å². The van der Waals surface area contributed by atoms with Crippen molar-refractivity contribution in [3.63, 3.8) is 0 Å². The Kier molecular flexibility index (Phi) is 3.44.